The summed E-state index contributed by atoms with van der Waals surface area (Å²) in [5.41, 5.74) is 2.08. The van der Waals surface area contributed by atoms with Crippen molar-refractivity contribution in [2.75, 3.05) is 13.3 Å². The molecule has 5 heteroatoms. The van der Waals surface area contributed by atoms with Crippen LogP contribution < -0.4 is 14.8 Å². The van der Waals surface area contributed by atoms with Crippen molar-refractivity contribution in [1.82, 2.24) is 5.32 Å². The van der Waals surface area contributed by atoms with Crippen LogP contribution in [0.25, 0.3) is 0 Å². The molecule has 1 aromatic carbocycles. The number of fused-ring (bicyclic) bond motifs is 2. The number of hydrogen-bond donors (Lipinski definition) is 2. The van der Waals surface area contributed by atoms with Crippen molar-refractivity contribution in [2.24, 2.45) is 0 Å². The van der Waals surface area contributed by atoms with Crippen molar-refractivity contribution in [3.8, 4) is 11.5 Å². The Bertz CT molecular complexity index is 643. The van der Waals surface area contributed by atoms with Gasteiger partial charge in [0.1, 0.15) is 5.60 Å². The molecule has 21 heavy (non-hydrogen) atoms. The number of ether oxygens (including phenoxy) is 3. The smallest absolute Gasteiger partial charge is 0.231 e. The van der Waals surface area contributed by atoms with E-state index in [1.165, 1.54) is 11.1 Å². The molecule has 2 N–H and O–H groups in total. The Balaban J connectivity index is 1.68. The van der Waals surface area contributed by atoms with Crippen LogP contribution in [0.4, 0.5) is 0 Å². The molecular formula is C16H17NO4. The molecule has 1 fully saturated rings. The molecule has 110 valence electrons. The van der Waals surface area contributed by atoms with Crippen LogP contribution >= 0.6 is 0 Å². The summed E-state index contributed by atoms with van der Waals surface area (Å²) < 4.78 is 17.2. The third-order valence-electron chi connectivity index (χ3n) is 5.13. The van der Waals surface area contributed by atoms with Crippen LogP contribution in [0.3, 0.4) is 0 Å². The van der Waals surface area contributed by atoms with E-state index in [2.05, 4.69) is 17.5 Å². The van der Waals surface area contributed by atoms with Crippen LogP contribution in [0.5, 0.6) is 11.5 Å². The van der Waals surface area contributed by atoms with E-state index >= 15 is 0 Å². The van der Waals surface area contributed by atoms with Crippen molar-refractivity contribution < 1.29 is 19.3 Å². The van der Waals surface area contributed by atoms with Gasteiger partial charge in [-0.05, 0) is 29.7 Å². The molecule has 1 aliphatic carbocycles. The summed E-state index contributed by atoms with van der Waals surface area (Å²) in [6.07, 6.45) is 4.23. The molecule has 1 aromatic rings. The summed E-state index contributed by atoms with van der Waals surface area (Å²) in [5.74, 6) is 1.83. The second-order valence-corrected chi connectivity index (χ2v) is 6.28. The summed E-state index contributed by atoms with van der Waals surface area (Å²) in [4.78, 5) is 0. The molecule has 4 atom stereocenters. The van der Waals surface area contributed by atoms with Crippen LogP contribution in [0.15, 0.2) is 24.3 Å². The summed E-state index contributed by atoms with van der Waals surface area (Å²) in [7, 11) is 0. The van der Waals surface area contributed by atoms with Gasteiger partial charge >= 0.3 is 0 Å². The molecule has 0 radical (unpaired) electrons. The number of aliphatic hydroxyl groups is 1. The maximum atomic E-state index is 10.0. The highest BCUT2D eigenvalue weighted by atomic mass is 16.7. The molecule has 4 aliphatic rings. The van der Waals surface area contributed by atoms with Gasteiger partial charge in [0.25, 0.3) is 0 Å². The lowest BCUT2D eigenvalue weighted by Crippen LogP contribution is -2.41. The Morgan fingerprint density at radius 1 is 1.24 bits per heavy atom. The van der Waals surface area contributed by atoms with Crippen LogP contribution in [0, 0.1) is 0 Å². The van der Waals surface area contributed by atoms with Crippen molar-refractivity contribution >= 4 is 0 Å². The first-order valence-corrected chi connectivity index (χ1v) is 7.42. The maximum absolute atomic E-state index is 10.0. The molecule has 0 saturated carbocycles. The summed E-state index contributed by atoms with van der Waals surface area (Å²) >= 11 is 0. The van der Waals surface area contributed by atoms with Gasteiger partial charge in [0, 0.05) is 18.5 Å². The van der Waals surface area contributed by atoms with E-state index in [1.54, 1.807) is 0 Å². The number of benzene rings is 1. The van der Waals surface area contributed by atoms with E-state index < -0.39 is 6.10 Å². The third-order valence-corrected chi connectivity index (χ3v) is 5.13. The van der Waals surface area contributed by atoms with Gasteiger partial charge in [0.05, 0.1) is 12.7 Å². The van der Waals surface area contributed by atoms with Crippen molar-refractivity contribution in [1.29, 1.82) is 0 Å². The quantitative estimate of drug-likeness (QED) is 0.699. The fourth-order valence-corrected chi connectivity index (χ4v) is 4.15. The van der Waals surface area contributed by atoms with E-state index in [0.29, 0.717) is 13.0 Å². The van der Waals surface area contributed by atoms with Crippen LogP contribution in [-0.4, -0.2) is 36.2 Å². The molecular weight excluding hydrogens is 270 g/mol. The minimum absolute atomic E-state index is 0.212. The zero-order chi connectivity index (χ0) is 14.0. The molecule has 5 nitrogen and oxygen atoms in total. The van der Waals surface area contributed by atoms with E-state index in [9.17, 15) is 5.11 Å². The van der Waals surface area contributed by atoms with E-state index in [0.717, 1.165) is 18.0 Å². The monoisotopic (exact) mass is 287 g/mol. The molecule has 0 unspecified atom stereocenters. The fraction of sp³-hybridized carbons (Fsp3) is 0.500. The molecule has 0 aromatic heterocycles. The van der Waals surface area contributed by atoms with Crippen LogP contribution in [0.1, 0.15) is 23.5 Å². The maximum Gasteiger partial charge on any atom is 0.231 e. The Labute approximate surface area is 122 Å². The summed E-state index contributed by atoms with van der Waals surface area (Å²) in [5, 5.41) is 13.6. The Kier molecular flexibility index (Phi) is 2.29. The first-order valence-electron chi connectivity index (χ1n) is 7.42. The second kappa shape index (κ2) is 4.00. The minimum Gasteiger partial charge on any atom is -0.454 e. The van der Waals surface area contributed by atoms with Gasteiger partial charge < -0.3 is 24.6 Å². The zero-order valence-corrected chi connectivity index (χ0v) is 11.5. The molecule has 1 saturated heterocycles. The molecule has 2 bridgehead atoms. The average molecular weight is 287 g/mol. The highest BCUT2D eigenvalue weighted by Gasteiger charge is 2.53. The van der Waals surface area contributed by atoms with Crippen molar-refractivity contribution in [3.63, 3.8) is 0 Å². The number of rotatable bonds is 0. The van der Waals surface area contributed by atoms with Gasteiger partial charge in [-0.2, -0.15) is 0 Å². The first kappa shape index (κ1) is 12.0. The third kappa shape index (κ3) is 1.56. The molecule has 0 spiro atoms. The SMILES string of the molecule is O[C@H]1C=C[C@]23CN[C@H](C1)[C@H]2c1cc2c(cc1CO3)OCO2. The van der Waals surface area contributed by atoms with E-state index in [1.807, 2.05) is 12.1 Å². The number of nitrogens with one attached hydrogen (secondary N) is 1. The average Bonchev–Trinajstić information content (AvgIpc) is 3.03. The molecule has 3 heterocycles. The highest BCUT2D eigenvalue weighted by Crippen LogP contribution is 2.50. The predicted molar refractivity (Wildman–Crippen MR) is 74.4 cm³/mol. The second-order valence-electron chi connectivity index (χ2n) is 6.28. The van der Waals surface area contributed by atoms with Crippen LogP contribution in [-0.2, 0) is 11.3 Å². The van der Waals surface area contributed by atoms with Gasteiger partial charge in [0.2, 0.25) is 6.79 Å². The molecule has 0 amide bonds. The number of hydrogen-bond acceptors (Lipinski definition) is 5. The van der Waals surface area contributed by atoms with Gasteiger partial charge in [-0.1, -0.05) is 12.2 Å². The Morgan fingerprint density at radius 3 is 3.00 bits per heavy atom. The molecule has 5 rings (SSSR count). The summed E-state index contributed by atoms with van der Waals surface area (Å²) in [6, 6.07) is 4.36. The first-order chi connectivity index (χ1) is 10.3. The van der Waals surface area contributed by atoms with Gasteiger partial charge in [0.15, 0.2) is 11.5 Å². The van der Waals surface area contributed by atoms with E-state index in [4.69, 9.17) is 14.2 Å². The Morgan fingerprint density at radius 2 is 2.10 bits per heavy atom. The largest absolute Gasteiger partial charge is 0.454 e. The van der Waals surface area contributed by atoms with E-state index in [-0.39, 0.29) is 24.4 Å². The normalized spacial score (nSPS) is 38.8. The van der Waals surface area contributed by atoms with Gasteiger partial charge in [-0.3, -0.25) is 0 Å². The lowest BCUT2D eigenvalue weighted by atomic mass is 9.77. The molecule has 3 aliphatic heterocycles. The number of aliphatic hydroxyl groups excluding tert-OH is 1. The predicted octanol–water partition coefficient (Wildman–Crippen LogP) is 1.06. The lowest BCUT2D eigenvalue weighted by Gasteiger charge is -2.39. The standard InChI is InChI=1S/C16H17NO4/c18-10-1-2-16-7-17-12(4-10)15(16)11-5-14-13(19-8-20-14)3-9(11)6-21-16/h1-3,5,10,12,15,17-18H,4,6-8H2/t10-,12+,15+,16-/m0/s1. The van der Waals surface area contributed by atoms with Crippen molar-refractivity contribution in [3.05, 3.63) is 35.4 Å². The highest BCUT2D eigenvalue weighted by molar-refractivity contribution is 5.53. The lowest BCUT2D eigenvalue weighted by molar-refractivity contribution is -0.0322. The minimum atomic E-state index is -0.411. The van der Waals surface area contributed by atoms with Crippen molar-refractivity contribution in [2.45, 2.75) is 36.7 Å². The fourth-order valence-electron chi connectivity index (χ4n) is 4.15. The summed E-state index contributed by atoms with van der Waals surface area (Å²) in [6.45, 7) is 1.64. The zero-order valence-electron chi connectivity index (χ0n) is 11.5. The van der Waals surface area contributed by atoms with Crippen LogP contribution in [0.2, 0.25) is 0 Å². The van der Waals surface area contributed by atoms with Gasteiger partial charge in [-0.25, -0.2) is 0 Å². The topological polar surface area (TPSA) is 60.0 Å². The Hall–Kier alpha value is -1.56. The van der Waals surface area contributed by atoms with Gasteiger partial charge in [-0.15, -0.1) is 0 Å².